The number of hydrogen-bond acceptors (Lipinski definition) is 6. The van der Waals surface area contributed by atoms with Gasteiger partial charge in [-0.2, -0.15) is 14.6 Å². The lowest BCUT2D eigenvalue weighted by molar-refractivity contribution is -0.130. The van der Waals surface area contributed by atoms with Crippen LogP contribution in [0.4, 0.5) is 5.82 Å². The molecule has 1 amide bonds. The standard InChI is InChI=1S/C23H23BrN6O2/c1-14(31)29-8-6-15(7-9-29)13-32-23-20(24)21(25)30-22(28-23)18(12-27-30)17-10-16-4-2-3-5-19(16)26-11-17/h2-5,10-12,15H,6-9,13,25H2,1H3. The Hall–Kier alpha value is -3.20. The second kappa shape index (κ2) is 8.38. The van der Waals surface area contributed by atoms with Crippen LogP contribution in [0.15, 0.2) is 47.2 Å². The normalized spacial score (nSPS) is 14.9. The van der Waals surface area contributed by atoms with E-state index in [-0.39, 0.29) is 5.91 Å². The first kappa shape index (κ1) is 20.7. The first-order chi connectivity index (χ1) is 15.5. The number of ether oxygens (including phenoxy) is 1. The molecular weight excluding hydrogens is 472 g/mol. The lowest BCUT2D eigenvalue weighted by Crippen LogP contribution is -2.38. The van der Waals surface area contributed by atoms with E-state index in [4.69, 9.17) is 15.5 Å². The Kier molecular flexibility index (Phi) is 5.42. The van der Waals surface area contributed by atoms with Gasteiger partial charge in [-0.15, -0.1) is 0 Å². The third-order valence-corrected chi connectivity index (χ3v) is 6.75. The summed E-state index contributed by atoms with van der Waals surface area (Å²) in [6.07, 6.45) is 5.39. The van der Waals surface area contributed by atoms with Crippen molar-refractivity contribution >= 4 is 44.2 Å². The number of carbonyl (C=O) groups excluding carboxylic acids is 1. The number of hydrogen-bond donors (Lipinski definition) is 1. The number of amides is 1. The summed E-state index contributed by atoms with van der Waals surface area (Å²) in [5.74, 6) is 1.37. The molecule has 0 atom stereocenters. The molecule has 1 aliphatic rings. The van der Waals surface area contributed by atoms with E-state index in [0.29, 0.717) is 34.3 Å². The van der Waals surface area contributed by atoms with Gasteiger partial charge in [-0.3, -0.25) is 9.78 Å². The summed E-state index contributed by atoms with van der Waals surface area (Å²) < 4.78 is 8.28. The van der Waals surface area contributed by atoms with Crippen molar-refractivity contribution in [2.24, 2.45) is 5.92 Å². The van der Waals surface area contributed by atoms with Crippen molar-refractivity contribution in [1.29, 1.82) is 0 Å². The Bertz CT molecular complexity index is 1310. The maximum atomic E-state index is 11.5. The molecular formula is C23H23BrN6O2. The summed E-state index contributed by atoms with van der Waals surface area (Å²) in [6, 6.07) is 10.0. The van der Waals surface area contributed by atoms with Gasteiger partial charge in [-0.05, 0) is 46.8 Å². The van der Waals surface area contributed by atoms with Crippen LogP contribution in [-0.4, -0.2) is 50.1 Å². The van der Waals surface area contributed by atoms with E-state index in [1.54, 1.807) is 17.6 Å². The van der Waals surface area contributed by atoms with Gasteiger partial charge in [0, 0.05) is 42.7 Å². The van der Waals surface area contributed by atoms with Gasteiger partial charge in [0.1, 0.15) is 10.3 Å². The largest absolute Gasteiger partial charge is 0.476 e. The number of rotatable bonds is 4. The molecule has 164 valence electrons. The zero-order valence-corrected chi connectivity index (χ0v) is 19.2. The van der Waals surface area contributed by atoms with Crippen LogP contribution in [-0.2, 0) is 4.79 Å². The highest BCUT2D eigenvalue weighted by Crippen LogP contribution is 2.34. The molecule has 0 aliphatic carbocycles. The van der Waals surface area contributed by atoms with Crippen molar-refractivity contribution in [3.8, 4) is 17.0 Å². The smallest absolute Gasteiger partial charge is 0.233 e. The number of piperidine rings is 1. The van der Waals surface area contributed by atoms with Gasteiger partial charge < -0.3 is 15.4 Å². The quantitative estimate of drug-likeness (QED) is 0.461. The molecule has 0 bridgehead atoms. The van der Waals surface area contributed by atoms with Crippen LogP contribution in [0, 0.1) is 5.92 Å². The number of nitrogens with zero attached hydrogens (tertiary/aromatic N) is 5. The fourth-order valence-electron chi connectivity index (χ4n) is 4.10. The van der Waals surface area contributed by atoms with Crippen molar-refractivity contribution in [2.75, 3.05) is 25.4 Å². The predicted molar refractivity (Wildman–Crippen MR) is 126 cm³/mol. The number of nitrogens with two attached hydrogens (primary N) is 1. The molecule has 8 nitrogen and oxygen atoms in total. The fourth-order valence-corrected chi connectivity index (χ4v) is 4.47. The van der Waals surface area contributed by atoms with Crippen molar-refractivity contribution in [3.05, 3.63) is 47.2 Å². The maximum Gasteiger partial charge on any atom is 0.233 e. The highest BCUT2D eigenvalue weighted by Gasteiger charge is 2.23. The predicted octanol–water partition coefficient (Wildman–Crippen LogP) is 3.93. The summed E-state index contributed by atoms with van der Waals surface area (Å²) in [5.41, 5.74) is 9.63. The topological polar surface area (TPSA) is 98.6 Å². The van der Waals surface area contributed by atoms with E-state index in [1.807, 2.05) is 35.4 Å². The number of aromatic nitrogens is 4. The van der Waals surface area contributed by atoms with Gasteiger partial charge in [0.15, 0.2) is 5.65 Å². The Morgan fingerprint density at radius 3 is 2.81 bits per heavy atom. The van der Waals surface area contributed by atoms with Crippen LogP contribution < -0.4 is 10.5 Å². The molecule has 4 aromatic rings. The molecule has 0 saturated carbocycles. The van der Waals surface area contributed by atoms with Crippen LogP contribution in [0.1, 0.15) is 19.8 Å². The van der Waals surface area contributed by atoms with Crippen molar-refractivity contribution in [1.82, 2.24) is 24.5 Å². The molecule has 4 heterocycles. The summed E-state index contributed by atoms with van der Waals surface area (Å²) in [4.78, 5) is 22.7. The number of halogens is 1. The van der Waals surface area contributed by atoms with Crippen LogP contribution in [0.25, 0.3) is 27.7 Å². The third-order valence-electron chi connectivity index (χ3n) is 6.01. The van der Waals surface area contributed by atoms with E-state index >= 15 is 0 Å². The van der Waals surface area contributed by atoms with Gasteiger partial charge in [0.05, 0.1) is 18.3 Å². The number of anilines is 1. The van der Waals surface area contributed by atoms with Gasteiger partial charge in [-0.1, -0.05) is 18.2 Å². The van der Waals surface area contributed by atoms with E-state index in [2.05, 4.69) is 32.1 Å². The second-order valence-corrected chi connectivity index (χ2v) is 8.88. The molecule has 0 radical (unpaired) electrons. The summed E-state index contributed by atoms with van der Waals surface area (Å²) in [6.45, 7) is 3.67. The molecule has 32 heavy (non-hydrogen) atoms. The summed E-state index contributed by atoms with van der Waals surface area (Å²) in [7, 11) is 0. The number of fused-ring (bicyclic) bond motifs is 2. The first-order valence-electron chi connectivity index (χ1n) is 10.6. The highest BCUT2D eigenvalue weighted by molar-refractivity contribution is 9.10. The number of benzene rings is 1. The average Bonchev–Trinajstić information content (AvgIpc) is 3.24. The van der Waals surface area contributed by atoms with Gasteiger partial charge in [0.25, 0.3) is 0 Å². The Labute approximate surface area is 193 Å². The minimum Gasteiger partial charge on any atom is -0.476 e. The van der Waals surface area contributed by atoms with Crippen LogP contribution in [0.3, 0.4) is 0 Å². The molecule has 1 aromatic carbocycles. The molecule has 3 aromatic heterocycles. The molecule has 9 heteroatoms. The molecule has 0 unspecified atom stereocenters. The lowest BCUT2D eigenvalue weighted by atomic mass is 9.98. The van der Waals surface area contributed by atoms with E-state index in [0.717, 1.165) is 48.0 Å². The van der Waals surface area contributed by atoms with Gasteiger partial charge in [0.2, 0.25) is 11.8 Å². The molecule has 1 saturated heterocycles. The number of carbonyl (C=O) groups is 1. The first-order valence-corrected chi connectivity index (χ1v) is 11.4. The molecule has 1 aliphatic heterocycles. The highest BCUT2D eigenvalue weighted by atomic mass is 79.9. The number of pyridine rings is 1. The van der Waals surface area contributed by atoms with Gasteiger partial charge >= 0.3 is 0 Å². The van der Waals surface area contributed by atoms with E-state index in [9.17, 15) is 4.79 Å². The Balaban J connectivity index is 1.43. The fraction of sp³-hybridized carbons (Fsp3) is 0.304. The monoisotopic (exact) mass is 494 g/mol. The molecule has 5 rings (SSSR count). The SMILES string of the molecule is CC(=O)N1CCC(COc2nc3c(-c4cnc5ccccc5c4)cnn3c(N)c2Br)CC1. The van der Waals surface area contributed by atoms with Crippen molar-refractivity contribution in [2.45, 2.75) is 19.8 Å². The zero-order chi connectivity index (χ0) is 22.2. The lowest BCUT2D eigenvalue weighted by Gasteiger charge is -2.31. The van der Waals surface area contributed by atoms with Crippen LogP contribution in [0.5, 0.6) is 5.88 Å². The van der Waals surface area contributed by atoms with E-state index in [1.165, 1.54) is 0 Å². The summed E-state index contributed by atoms with van der Waals surface area (Å²) >= 11 is 3.51. The molecule has 2 N–H and O–H groups in total. The number of likely N-dealkylation sites (tertiary alicyclic amines) is 1. The van der Waals surface area contributed by atoms with Gasteiger partial charge in [-0.25, -0.2) is 0 Å². The van der Waals surface area contributed by atoms with Crippen LogP contribution >= 0.6 is 15.9 Å². The summed E-state index contributed by atoms with van der Waals surface area (Å²) in [5, 5.41) is 5.47. The molecule has 0 spiro atoms. The number of para-hydroxylation sites is 1. The minimum atomic E-state index is 0.128. The molecule has 1 fully saturated rings. The van der Waals surface area contributed by atoms with Crippen molar-refractivity contribution < 1.29 is 9.53 Å². The average molecular weight is 495 g/mol. The second-order valence-electron chi connectivity index (χ2n) is 8.09. The third kappa shape index (κ3) is 3.77. The Morgan fingerprint density at radius 2 is 2.03 bits per heavy atom. The van der Waals surface area contributed by atoms with Crippen LogP contribution in [0.2, 0.25) is 0 Å². The zero-order valence-electron chi connectivity index (χ0n) is 17.7. The maximum absolute atomic E-state index is 11.5. The number of nitrogen functional groups attached to an aromatic ring is 1. The Morgan fingerprint density at radius 1 is 1.25 bits per heavy atom. The van der Waals surface area contributed by atoms with E-state index < -0.39 is 0 Å². The minimum absolute atomic E-state index is 0.128. The van der Waals surface area contributed by atoms with Crippen molar-refractivity contribution in [3.63, 3.8) is 0 Å².